The van der Waals surface area contributed by atoms with Crippen molar-refractivity contribution in [2.24, 2.45) is 0 Å². The lowest BCUT2D eigenvalue weighted by molar-refractivity contribution is 0.112. The Morgan fingerprint density at radius 2 is 2.18 bits per heavy atom. The lowest BCUT2D eigenvalue weighted by Gasteiger charge is -2.19. The second-order valence-corrected chi connectivity index (χ2v) is 4.62. The Morgan fingerprint density at radius 3 is 2.82 bits per heavy atom. The molecule has 1 atom stereocenters. The Labute approximate surface area is 111 Å². The smallest absolute Gasteiger partial charge is 0.137 e. The van der Waals surface area contributed by atoms with Crippen LogP contribution in [0.4, 0.5) is 4.39 Å². The van der Waals surface area contributed by atoms with E-state index in [0.717, 1.165) is 25.1 Å². The highest BCUT2D eigenvalue weighted by molar-refractivity contribution is 9.10. The van der Waals surface area contributed by atoms with E-state index in [4.69, 9.17) is 4.74 Å². The first-order valence-corrected chi connectivity index (χ1v) is 6.75. The van der Waals surface area contributed by atoms with Gasteiger partial charge in [0.25, 0.3) is 0 Å². The largest absolute Gasteiger partial charge is 0.379 e. The van der Waals surface area contributed by atoms with Crippen LogP contribution in [0.1, 0.15) is 31.9 Å². The summed E-state index contributed by atoms with van der Waals surface area (Å²) < 4.78 is 19.5. The van der Waals surface area contributed by atoms with Crippen LogP contribution in [-0.2, 0) is 4.74 Å². The van der Waals surface area contributed by atoms with Crippen molar-refractivity contribution < 1.29 is 9.13 Å². The topological polar surface area (TPSA) is 21.3 Å². The Bertz CT molecular complexity index is 346. The molecule has 0 fully saturated rings. The Balaban J connectivity index is 2.77. The molecule has 4 heteroatoms. The first-order chi connectivity index (χ1) is 8.20. The second kappa shape index (κ2) is 7.80. The molecular weight excluding hydrogens is 285 g/mol. The molecule has 0 radical (unpaired) electrons. The van der Waals surface area contributed by atoms with Gasteiger partial charge in [-0.25, -0.2) is 4.39 Å². The highest BCUT2D eigenvalue weighted by Crippen LogP contribution is 2.26. The van der Waals surface area contributed by atoms with Gasteiger partial charge in [0.1, 0.15) is 5.82 Å². The monoisotopic (exact) mass is 303 g/mol. The number of nitrogens with one attached hydrogen (secondary N) is 1. The van der Waals surface area contributed by atoms with E-state index in [-0.39, 0.29) is 11.9 Å². The van der Waals surface area contributed by atoms with Gasteiger partial charge < -0.3 is 10.1 Å². The molecule has 0 heterocycles. The van der Waals surface area contributed by atoms with E-state index in [9.17, 15) is 4.39 Å². The highest BCUT2D eigenvalue weighted by Gasteiger charge is 2.15. The number of hydrogen-bond donors (Lipinski definition) is 1. The average molecular weight is 304 g/mol. The predicted octanol–water partition coefficient (Wildman–Crippen LogP) is 3.67. The molecule has 1 aromatic carbocycles. The van der Waals surface area contributed by atoms with Gasteiger partial charge in [0.2, 0.25) is 0 Å². The number of ether oxygens (including phenoxy) is 1. The molecule has 0 saturated carbocycles. The van der Waals surface area contributed by atoms with Crippen molar-refractivity contribution in [3.8, 4) is 0 Å². The zero-order chi connectivity index (χ0) is 12.7. The molecule has 1 aromatic rings. The molecule has 0 aliphatic carbocycles. The van der Waals surface area contributed by atoms with Gasteiger partial charge in [-0.15, -0.1) is 0 Å². The van der Waals surface area contributed by atoms with Crippen LogP contribution >= 0.6 is 15.9 Å². The number of hydrogen-bond acceptors (Lipinski definition) is 2. The van der Waals surface area contributed by atoms with Crippen LogP contribution < -0.4 is 5.32 Å². The van der Waals surface area contributed by atoms with Gasteiger partial charge in [-0.2, -0.15) is 0 Å². The lowest BCUT2D eigenvalue weighted by Crippen LogP contribution is -2.26. The van der Waals surface area contributed by atoms with E-state index in [2.05, 4.69) is 28.2 Å². The summed E-state index contributed by atoms with van der Waals surface area (Å²) in [5.41, 5.74) is 0.906. The quantitative estimate of drug-likeness (QED) is 0.776. The van der Waals surface area contributed by atoms with Crippen molar-refractivity contribution in [3.05, 3.63) is 34.1 Å². The highest BCUT2D eigenvalue weighted by atomic mass is 79.9. The van der Waals surface area contributed by atoms with E-state index in [1.54, 1.807) is 6.07 Å². The van der Waals surface area contributed by atoms with E-state index >= 15 is 0 Å². The van der Waals surface area contributed by atoms with Crippen LogP contribution in [-0.4, -0.2) is 19.8 Å². The minimum absolute atomic E-state index is 0.0247. The lowest BCUT2D eigenvalue weighted by atomic mass is 10.1. The third kappa shape index (κ3) is 4.37. The molecule has 0 spiro atoms. The molecule has 0 aliphatic rings. The molecule has 0 saturated heterocycles. The average Bonchev–Trinajstić information content (AvgIpc) is 2.32. The zero-order valence-corrected chi connectivity index (χ0v) is 11.9. The molecule has 17 heavy (non-hydrogen) atoms. The summed E-state index contributed by atoms with van der Waals surface area (Å²) in [6.45, 7) is 6.21. The summed E-state index contributed by atoms with van der Waals surface area (Å²) in [7, 11) is 0. The van der Waals surface area contributed by atoms with Crippen molar-refractivity contribution in [1.29, 1.82) is 0 Å². The molecule has 96 valence electrons. The summed E-state index contributed by atoms with van der Waals surface area (Å²) >= 11 is 3.29. The van der Waals surface area contributed by atoms with Crippen molar-refractivity contribution in [2.75, 3.05) is 19.8 Å². The maximum absolute atomic E-state index is 13.5. The van der Waals surface area contributed by atoms with E-state index in [1.807, 2.05) is 13.0 Å². The van der Waals surface area contributed by atoms with Crippen LogP contribution in [0.3, 0.4) is 0 Å². The number of halogens is 2. The maximum Gasteiger partial charge on any atom is 0.137 e. The number of likely N-dealkylation sites (N-methyl/N-ethyl adjacent to an activating group) is 1. The maximum atomic E-state index is 13.5. The third-order valence-corrected chi connectivity index (χ3v) is 3.28. The fourth-order valence-corrected chi connectivity index (χ4v) is 2.18. The SMILES string of the molecule is CCCOCC(NCC)c1cccc(F)c1Br. The molecule has 0 aliphatic heterocycles. The van der Waals surface area contributed by atoms with Gasteiger partial charge in [-0.1, -0.05) is 26.0 Å². The molecular formula is C13H19BrFNO. The second-order valence-electron chi connectivity index (χ2n) is 3.83. The minimum Gasteiger partial charge on any atom is -0.379 e. The van der Waals surface area contributed by atoms with Gasteiger partial charge in [0.05, 0.1) is 17.1 Å². The van der Waals surface area contributed by atoms with Crippen molar-refractivity contribution >= 4 is 15.9 Å². The first kappa shape index (κ1) is 14.6. The van der Waals surface area contributed by atoms with Gasteiger partial charge >= 0.3 is 0 Å². The van der Waals surface area contributed by atoms with Crippen LogP contribution in [0.5, 0.6) is 0 Å². The third-order valence-electron chi connectivity index (χ3n) is 2.44. The van der Waals surface area contributed by atoms with E-state index in [0.29, 0.717) is 11.1 Å². The van der Waals surface area contributed by atoms with E-state index in [1.165, 1.54) is 6.07 Å². The molecule has 0 aromatic heterocycles. The number of rotatable bonds is 7. The van der Waals surface area contributed by atoms with Gasteiger partial charge in [-0.05, 0) is 40.5 Å². The van der Waals surface area contributed by atoms with Crippen LogP contribution in [0.2, 0.25) is 0 Å². The van der Waals surface area contributed by atoms with Crippen LogP contribution in [0, 0.1) is 5.82 Å². The summed E-state index contributed by atoms with van der Waals surface area (Å²) in [5, 5.41) is 3.30. The molecule has 0 bridgehead atoms. The predicted molar refractivity (Wildman–Crippen MR) is 71.6 cm³/mol. The Kier molecular flexibility index (Phi) is 6.70. The van der Waals surface area contributed by atoms with Crippen LogP contribution in [0.15, 0.2) is 22.7 Å². The molecule has 0 amide bonds. The minimum atomic E-state index is -0.235. The standard InChI is InChI=1S/C13H19BrFNO/c1-3-8-17-9-12(16-4-2)10-6-5-7-11(15)13(10)14/h5-7,12,16H,3-4,8-9H2,1-2H3. The summed E-state index contributed by atoms with van der Waals surface area (Å²) in [5.74, 6) is -0.235. The van der Waals surface area contributed by atoms with Crippen molar-refractivity contribution in [3.63, 3.8) is 0 Å². The first-order valence-electron chi connectivity index (χ1n) is 5.95. The normalized spacial score (nSPS) is 12.7. The van der Waals surface area contributed by atoms with Crippen molar-refractivity contribution in [1.82, 2.24) is 5.32 Å². The van der Waals surface area contributed by atoms with Crippen molar-refractivity contribution in [2.45, 2.75) is 26.3 Å². The van der Waals surface area contributed by atoms with Crippen LogP contribution in [0.25, 0.3) is 0 Å². The summed E-state index contributed by atoms with van der Waals surface area (Å²) in [4.78, 5) is 0. The fraction of sp³-hybridized carbons (Fsp3) is 0.538. The van der Waals surface area contributed by atoms with Gasteiger partial charge in [0, 0.05) is 6.61 Å². The molecule has 2 nitrogen and oxygen atoms in total. The van der Waals surface area contributed by atoms with E-state index < -0.39 is 0 Å². The number of benzene rings is 1. The Morgan fingerprint density at radius 1 is 1.41 bits per heavy atom. The molecule has 1 rings (SSSR count). The molecule has 1 N–H and O–H groups in total. The van der Waals surface area contributed by atoms with Gasteiger partial charge in [0.15, 0.2) is 0 Å². The fourth-order valence-electron chi connectivity index (χ4n) is 1.64. The summed E-state index contributed by atoms with van der Waals surface area (Å²) in [6.07, 6.45) is 0.989. The zero-order valence-electron chi connectivity index (χ0n) is 10.3. The summed E-state index contributed by atoms with van der Waals surface area (Å²) in [6, 6.07) is 5.11. The molecule has 1 unspecified atom stereocenters. The van der Waals surface area contributed by atoms with Gasteiger partial charge in [-0.3, -0.25) is 0 Å². The Hall–Kier alpha value is -0.450.